The highest BCUT2D eigenvalue weighted by Gasteiger charge is 2.36. The molecular formula is C36H28ClN3. The van der Waals surface area contributed by atoms with Crippen LogP contribution >= 0.6 is 11.6 Å². The van der Waals surface area contributed by atoms with Gasteiger partial charge in [-0.3, -0.25) is 0 Å². The van der Waals surface area contributed by atoms with Gasteiger partial charge < -0.3 is 4.57 Å². The molecule has 0 radical (unpaired) electrons. The van der Waals surface area contributed by atoms with Gasteiger partial charge in [-0.1, -0.05) is 92.7 Å². The Kier molecular flexibility index (Phi) is 5.11. The van der Waals surface area contributed by atoms with Crippen LogP contribution in [0.5, 0.6) is 0 Å². The topological polar surface area (TPSA) is 30.7 Å². The molecule has 2 heterocycles. The molecule has 4 heteroatoms. The Morgan fingerprint density at radius 1 is 0.825 bits per heavy atom. The number of aromatic nitrogens is 3. The van der Waals surface area contributed by atoms with Crippen molar-refractivity contribution >= 4 is 56.3 Å². The van der Waals surface area contributed by atoms with Crippen molar-refractivity contribution in [3.8, 4) is 5.69 Å². The van der Waals surface area contributed by atoms with Crippen molar-refractivity contribution in [1.29, 1.82) is 0 Å². The van der Waals surface area contributed by atoms with Gasteiger partial charge in [-0.15, -0.1) is 0 Å². The number of halogens is 1. The minimum Gasteiger partial charge on any atom is -0.310 e. The summed E-state index contributed by atoms with van der Waals surface area (Å²) in [6.45, 7) is 4.57. The molecule has 0 aliphatic heterocycles. The zero-order valence-corrected chi connectivity index (χ0v) is 23.3. The molecule has 6 aromatic rings. The zero-order chi connectivity index (χ0) is 27.0. The third-order valence-corrected chi connectivity index (χ3v) is 9.00. The highest BCUT2D eigenvalue weighted by atomic mass is 35.5. The van der Waals surface area contributed by atoms with E-state index >= 15 is 0 Å². The Balaban J connectivity index is 1.41. The molecule has 0 bridgehead atoms. The first-order chi connectivity index (χ1) is 19.5. The molecule has 0 amide bonds. The largest absolute Gasteiger partial charge is 0.310 e. The van der Waals surface area contributed by atoms with E-state index in [9.17, 15) is 0 Å². The predicted molar refractivity (Wildman–Crippen MR) is 167 cm³/mol. The van der Waals surface area contributed by atoms with E-state index in [1.165, 1.54) is 49.7 Å². The van der Waals surface area contributed by atoms with E-state index in [-0.39, 0.29) is 5.41 Å². The van der Waals surface area contributed by atoms with Gasteiger partial charge in [0.05, 0.1) is 16.7 Å². The van der Waals surface area contributed by atoms with E-state index < -0.39 is 0 Å². The van der Waals surface area contributed by atoms with Gasteiger partial charge in [-0.25, -0.2) is 9.97 Å². The average molecular weight is 538 g/mol. The summed E-state index contributed by atoms with van der Waals surface area (Å²) in [4.78, 5) is 9.86. The quantitative estimate of drug-likeness (QED) is 0.163. The molecule has 2 aromatic heterocycles. The van der Waals surface area contributed by atoms with Crippen molar-refractivity contribution in [1.82, 2.24) is 14.5 Å². The van der Waals surface area contributed by atoms with Gasteiger partial charge in [0.2, 0.25) is 5.28 Å². The van der Waals surface area contributed by atoms with Crippen LogP contribution in [0.1, 0.15) is 41.9 Å². The highest BCUT2D eigenvalue weighted by molar-refractivity contribution is 6.29. The van der Waals surface area contributed by atoms with Crippen LogP contribution in [0.4, 0.5) is 0 Å². The van der Waals surface area contributed by atoms with Crippen LogP contribution in [-0.2, 0) is 18.3 Å². The molecule has 2 aliphatic rings. The number of fused-ring (bicyclic) bond motifs is 9. The number of rotatable bonds is 2. The lowest BCUT2D eigenvalue weighted by Crippen LogP contribution is -2.27. The van der Waals surface area contributed by atoms with Gasteiger partial charge in [0.25, 0.3) is 0 Å². The van der Waals surface area contributed by atoms with Crippen LogP contribution in [0, 0.1) is 5.92 Å². The summed E-state index contributed by atoms with van der Waals surface area (Å²) < 4.78 is 2.38. The van der Waals surface area contributed by atoms with Gasteiger partial charge in [0, 0.05) is 33.1 Å². The molecule has 0 spiro atoms. The molecule has 40 heavy (non-hydrogen) atoms. The van der Waals surface area contributed by atoms with E-state index in [2.05, 4.69) is 122 Å². The minimum atomic E-state index is -0.369. The monoisotopic (exact) mass is 537 g/mol. The number of benzene rings is 4. The molecule has 8 rings (SSSR count). The molecule has 2 atom stereocenters. The third kappa shape index (κ3) is 3.37. The zero-order valence-electron chi connectivity index (χ0n) is 22.5. The number of para-hydroxylation sites is 2. The van der Waals surface area contributed by atoms with Crippen molar-refractivity contribution < 1.29 is 0 Å². The Labute approximate surface area is 238 Å². The molecule has 3 nitrogen and oxygen atoms in total. The van der Waals surface area contributed by atoms with Gasteiger partial charge in [0.15, 0.2) is 0 Å². The lowest BCUT2D eigenvalue weighted by atomic mass is 9.74. The summed E-state index contributed by atoms with van der Waals surface area (Å²) in [5.74, 6) is 0.490. The fraction of sp³-hybridized carbons (Fsp3) is 0.167. The smallest absolute Gasteiger partial charge is 0.223 e. The maximum absolute atomic E-state index is 6.73. The predicted octanol–water partition coefficient (Wildman–Crippen LogP) is 9.11. The maximum Gasteiger partial charge on any atom is 0.223 e. The summed E-state index contributed by atoms with van der Waals surface area (Å²) in [7, 11) is 0. The molecule has 0 saturated carbocycles. The van der Waals surface area contributed by atoms with Crippen LogP contribution < -0.4 is 0 Å². The number of hydrogen-bond acceptors (Lipinski definition) is 2. The fourth-order valence-corrected chi connectivity index (χ4v) is 7.16. The maximum atomic E-state index is 6.73. The van der Waals surface area contributed by atoms with Crippen molar-refractivity contribution in [3.63, 3.8) is 0 Å². The molecular weight excluding hydrogens is 510 g/mol. The van der Waals surface area contributed by atoms with Gasteiger partial charge in [0.1, 0.15) is 0 Å². The normalized spacial score (nSPS) is 19.8. The van der Waals surface area contributed by atoms with Crippen molar-refractivity contribution in [3.05, 3.63) is 124 Å². The van der Waals surface area contributed by atoms with Crippen molar-refractivity contribution in [2.24, 2.45) is 5.92 Å². The standard InChI is InChI=1S/C36H28ClN3/c1-22-16-17-27-28(20-22)24-12-6-7-14-26(24)32-33(27)38-35(37)39-34(32)36(2)19-18-31-29(21-36)25-13-8-9-15-30(25)40(31)23-10-4-3-5-11-23/h3-19,22H,20-21H2,1-2H3. The molecule has 194 valence electrons. The second-order valence-corrected chi connectivity index (χ2v) is 11.9. The summed E-state index contributed by atoms with van der Waals surface area (Å²) in [5, 5.41) is 5.19. The van der Waals surface area contributed by atoms with Gasteiger partial charge in [-0.05, 0) is 76.5 Å². The molecule has 0 N–H and O–H groups in total. The lowest BCUT2D eigenvalue weighted by molar-refractivity contribution is 0.573. The number of hydrogen-bond donors (Lipinski definition) is 0. The third-order valence-electron chi connectivity index (χ3n) is 8.83. The van der Waals surface area contributed by atoms with Crippen LogP contribution in [0.3, 0.4) is 0 Å². The first-order valence-corrected chi connectivity index (χ1v) is 14.4. The van der Waals surface area contributed by atoms with E-state index in [0.717, 1.165) is 29.4 Å². The Morgan fingerprint density at radius 3 is 2.38 bits per heavy atom. The van der Waals surface area contributed by atoms with Crippen LogP contribution in [-0.4, -0.2) is 14.5 Å². The van der Waals surface area contributed by atoms with Gasteiger partial charge in [-0.2, -0.15) is 0 Å². The van der Waals surface area contributed by atoms with Crippen LogP contribution in [0.25, 0.3) is 50.4 Å². The van der Waals surface area contributed by atoms with E-state index in [0.29, 0.717) is 11.2 Å². The molecule has 0 fully saturated rings. The molecule has 4 aromatic carbocycles. The SMILES string of the molecule is CC1C=Cc2c(c3ccccc3c3c(C4(C)C=Cc5c(c6ccccc6n5-c5ccccc5)C4)nc(Cl)nc23)C1. The second-order valence-electron chi connectivity index (χ2n) is 11.5. The lowest BCUT2D eigenvalue weighted by Gasteiger charge is -2.31. The summed E-state index contributed by atoms with van der Waals surface area (Å²) >= 11 is 6.73. The second kappa shape index (κ2) is 8.64. The van der Waals surface area contributed by atoms with Crippen molar-refractivity contribution in [2.45, 2.75) is 32.1 Å². The first-order valence-electron chi connectivity index (χ1n) is 14.0. The Bertz CT molecular complexity index is 2050. The average Bonchev–Trinajstić information content (AvgIpc) is 3.30. The number of allylic oxidation sites excluding steroid dienone is 2. The van der Waals surface area contributed by atoms with Crippen LogP contribution in [0.2, 0.25) is 5.28 Å². The van der Waals surface area contributed by atoms with Gasteiger partial charge >= 0.3 is 0 Å². The summed E-state index contributed by atoms with van der Waals surface area (Å²) in [6.07, 6.45) is 11.0. The van der Waals surface area contributed by atoms with Crippen molar-refractivity contribution in [2.75, 3.05) is 0 Å². The Hall–Kier alpha value is -4.21. The molecule has 2 unspecified atom stereocenters. The minimum absolute atomic E-state index is 0.305. The highest BCUT2D eigenvalue weighted by Crippen LogP contribution is 2.46. The van der Waals surface area contributed by atoms with E-state index in [4.69, 9.17) is 21.6 Å². The van der Waals surface area contributed by atoms with E-state index in [1.54, 1.807) is 0 Å². The molecule has 2 aliphatic carbocycles. The first kappa shape index (κ1) is 23.7. The van der Waals surface area contributed by atoms with Crippen LogP contribution in [0.15, 0.2) is 91.0 Å². The fourth-order valence-electron chi connectivity index (χ4n) is 6.99. The molecule has 0 saturated heterocycles. The summed E-state index contributed by atoms with van der Waals surface area (Å²) in [6, 6.07) is 28.1. The Morgan fingerprint density at radius 2 is 1.55 bits per heavy atom. The van der Waals surface area contributed by atoms with E-state index in [1.807, 2.05) is 0 Å². The summed E-state index contributed by atoms with van der Waals surface area (Å²) in [5.41, 5.74) is 9.08. The number of nitrogens with zero attached hydrogens (tertiary/aromatic N) is 3.